The average Bonchev–Trinajstić information content (AvgIpc) is 2.47. The second-order valence-electron chi connectivity index (χ2n) is 6.17. The number of hydrogen-bond donors (Lipinski definition) is 1. The molecule has 1 fully saturated rings. The molecule has 2 unspecified atom stereocenters. The van der Waals surface area contributed by atoms with Gasteiger partial charge in [-0.1, -0.05) is 67.9 Å². The monoisotopic (exact) mass is 280 g/mol. The summed E-state index contributed by atoms with van der Waals surface area (Å²) in [6.45, 7) is 2.15. The van der Waals surface area contributed by atoms with Crippen LogP contribution in [0, 0.1) is 0 Å². The molecule has 1 saturated carbocycles. The molecule has 1 heteroatoms. The van der Waals surface area contributed by atoms with Crippen molar-refractivity contribution < 1.29 is 5.11 Å². The SMILES string of the molecule is CCC(c1ccccc1)C(O)c1cccc(C2CCC2)c1. The Kier molecular flexibility index (Phi) is 4.40. The lowest BCUT2D eigenvalue weighted by Gasteiger charge is -2.28. The first-order valence-electron chi connectivity index (χ1n) is 8.12. The molecular formula is C20H24O. The quantitative estimate of drug-likeness (QED) is 0.800. The van der Waals surface area contributed by atoms with Crippen LogP contribution >= 0.6 is 0 Å². The van der Waals surface area contributed by atoms with E-state index in [0.717, 1.165) is 12.0 Å². The lowest BCUT2D eigenvalue weighted by atomic mass is 9.78. The van der Waals surface area contributed by atoms with Gasteiger partial charge in [0.05, 0.1) is 6.10 Å². The Hall–Kier alpha value is -1.60. The Balaban J connectivity index is 1.84. The molecule has 2 aromatic rings. The molecule has 1 N–H and O–H groups in total. The molecule has 0 heterocycles. The highest BCUT2D eigenvalue weighted by molar-refractivity contribution is 5.32. The van der Waals surface area contributed by atoms with Crippen LogP contribution in [0.15, 0.2) is 54.6 Å². The Morgan fingerprint density at radius 2 is 1.71 bits per heavy atom. The number of aliphatic hydroxyl groups is 1. The van der Waals surface area contributed by atoms with Gasteiger partial charge in [0.15, 0.2) is 0 Å². The fourth-order valence-corrected chi connectivity index (χ4v) is 3.31. The third kappa shape index (κ3) is 3.03. The fraction of sp³-hybridized carbons (Fsp3) is 0.400. The van der Waals surface area contributed by atoms with Crippen molar-refractivity contribution in [1.82, 2.24) is 0 Å². The van der Waals surface area contributed by atoms with E-state index in [2.05, 4.69) is 55.5 Å². The van der Waals surface area contributed by atoms with E-state index in [9.17, 15) is 5.11 Å². The van der Waals surface area contributed by atoms with Crippen molar-refractivity contribution in [2.75, 3.05) is 0 Å². The van der Waals surface area contributed by atoms with E-state index >= 15 is 0 Å². The fourth-order valence-electron chi connectivity index (χ4n) is 3.31. The molecule has 0 aromatic heterocycles. The number of rotatable bonds is 5. The van der Waals surface area contributed by atoms with E-state index in [1.165, 1.54) is 30.4 Å². The highest BCUT2D eigenvalue weighted by Crippen LogP contribution is 2.39. The molecule has 0 aliphatic heterocycles. The minimum Gasteiger partial charge on any atom is -0.388 e. The van der Waals surface area contributed by atoms with Crippen LogP contribution in [-0.4, -0.2) is 5.11 Å². The lowest BCUT2D eigenvalue weighted by molar-refractivity contribution is 0.142. The molecule has 1 nitrogen and oxygen atoms in total. The second kappa shape index (κ2) is 6.44. The topological polar surface area (TPSA) is 20.2 Å². The van der Waals surface area contributed by atoms with Crippen molar-refractivity contribution in [3.05, 3.63) is 71.3 Å². The van der Waals surface area contributed by atoms with E-state index in [0.29, 0.717) is 5.92 Å². The van der Waals surface area contributed by atoms with Gasteiger partial charge >= 0.3 is 0 Å². The van der Waals surface area contributed by atoms with Gasteiger partial charge in [-0.15, -0.1) is 0 Å². The third-order valence-corrected chi connectivity index (χ3v) is 4.88. The lowest BCUT2D eigenvalue weighted by Crippen LogP contribution is -2.12. The van der Waals surface area contributed by atoms with Crippen LogP contribution in [0.2, 0.25) is 0 Å². The summed E-state index contributed by atoms with van der Waals surface area (Å²) < 4.78 is 0. The van der Waals surface area contributed by atoms with E-state index in [-0.39, 0.29) is 5.92 Å². The maximum atomic E-state index is 10.8. The highest BCUT2D eigenvalue weighted by atomic mass is 16.3. The van der Waals surface area contributed by atoms with Gasteiger partial charge in [0.25, 0.3) is 0 Å². The van der Waals surface area contributed by atoms with Gasteiger partial charge in [0.1, 0.15) is 0 Å². The molecule has 0 spiro atoms. The number of aliphatic hydroxyl groups excluding tert-OH is 1. The van der Waals surface area contributed by atoms with Crippen LogP contribution in [-0.2, 0) is 0 Å². The van der Waals surface area contributed by atoms with Gasteiger partial charge in [-0.2, -0.15) is 0 Å². The zero-order valence-electron chi connectivity index (χ0n) is 12.7. The molecule has 2 aromatic carbocycles. The van der Waals surface area contributed by atoms with Gasteiger partial charge < -0.3 is 5.11 Å². The molecule has 110 valence electrons. The summed E-state index contributed by atoms with van der Waals surface area (Å²) in [4.78, 5) is 0. The van der Waals surface area contributed by atoms with Crippen molar-refractivity contribution in [1.29, 1.82) is 0 Å². The maximum absolute atomic E-state index is 10.8. The van der Waals surface area contributed by atoms with E-state index in [4.69, 9.17) is 0 Å². The van der Waals surface area contributed by atoms with Crippen molar-refractivity contribution >= 4 is 0 Å². The maximum Gasteiger partial charge on any atom is 0.0858 e. The molecule has 2 atom stereocenters. The molecule has 1 aliphatic carbocycles. The first kappa shape index (κ1) is 14.3. The van der Waals surface area contributed by atoms with E-state index in [1.54, 1.807) is 0 Å². The van der Waals surface area contributed by atoms with E-state index in [1.807, 2.05) is 6.07 Å². The summed E-state index contributed by atoms with van der Waals surface area (Å²) >= 11 is 0. The Labute approximate surface area is 127 Å². The highest BCUT2D eigenvalue weighted by Gasteiger charge is 2.23. The third-order valence-electron chi connectivity index (χ3n) is 4.88. The van der Waals surface area contributed by atoms with Gasteiger partial charge in [0.2, 0.25) is 0 Å². The van der Waals surface area contributed by atoms with E-state index < -0.39 is 6.10 Å². The molecule has 3 rings (SSSR count). The first-order chi connectivity index (χ1) is 10.3. The second-order valence-corrected chi connectivity index (χ2v) is 6.17. The number of hydrogen-bond acceptors (Lipinski definition) is 1. The van der Waals surface area contributed by atoms with Crippen molar-refractivity contribution in [2.45, 2.75) is 50.5 Å². The van der Waals surface area contributed by atoms with Gasteiger partial charge in [-0.3, -0.25) is 0 Å². The summed E-state index contributed by atoms with van der Waals surface area (Å²) in [5.74, 6) is 0.886. The van der Waals surface area contributed by atoms with Gasteiger partial charge in [-0.05, 0) is 41.9 Å². The minimum absolute atomic E-state index is 0.169. The van der Waals surface area contributed by atoms with Crippen LogP contribution in [0.5, 0.6) is 0 Å². The van der Waals surface area contributed by atoms with Crippen molar-refractivity contribution in [2.24, 2.45) is 0 Å². The summed E-state index contributed by atoms with van der Waals surface area (Å²) in [5.41, 5.74) is 3.69. The molecule has 21 heavy (non-hydrogen) atoms. The van der Waals surface area contributed by atoms with Crippen molar-refractivity contribution in [3.63, 3.8) is 0 Å². The smallest absolute Gasteiger partial charge is 0.0858 e. The van der Waals surface area contributed by atoms with Crippen molar-refractivity contribution in [3.8, 4) is 0 Å². The van der Waals surface area contributed by atoms with Crippen LogP contribution in [0.3, 0.4) is 0 Å². The first-order valence-corrected chi connectivity index (χ1v) is 8.12. The Bertz CT molecular complexity index is 571. The molecule has 0 bridgehead atoms. The summed E-state index contributed by atoms with van der Waals surface area (Å²) in [7, 11) is 0. The van der Waals surface area contributed by atoms with Crippen LogP contribution < -0.4 is 0 Å². The largest absolute Gasteiger partial charge is 0.388 e. The standard InChI is InChI=1S/C20H24O/c1-2-19(16-8-4-3-5-9-16)20(21)18-13-7-12-17(14-18)15-10-6-11-15/h3-5,7-9,12-15,19-21H,2,6,10-11H2,1H3. The Morgan fingerprint density at radius 3 is 2.33 bits per heavy atom. The number of benzene rings is 2. The predicted octanol–water partition coefficient (Wildman–Crippen LogP) is 5.18. The van der Waals surface area contributed by atoms with Gasteiger partial charge in [-0.25, -0.2) is 0 Å². The average molecular weight is 280 g/mol. The summed E-state index contributed by atoms with van der Waals surface area (Å²) in [6.07, 6.45) is 4.47. The molecule has 0 amide bonds. The summed E-state index contributed by atoms with van der Waals surface area (Å²) in [6, 6.07) is 19.0. The zero-order chi connectivity index (χ0) is 14.7. The van der Waals surface area contributed by atoms with Gasteiger partial charge in [0, 0.05) is 5.92 Å². The Morgan fingerprint density at radius 1 is 1.00 bits per heavy atom. The zero-order valence-corrected chi connectivity index (χ0v) is 12.7. The van der Waals surface area contributed by atoms with Crippen LogP contribution in [0.1, 0.15) is 67.2 Å². The van der Waals surface area contributed by atoms with Crippen LogP contribution in [0.25, 0.3) is 0 Å². The molecule has 0 radical (unpaired) electrons. The normalized spacial score (nSPS) is 18.0. The molecule has 0 saturated heterocycles. The molecule has 1 aliphatic rings. The molecular weight excluding hydrogens is 256 g/mol. The minimum atomic E-state index is -0.419. The predicted molar refractivity (Wildman–Crippen MR) is 87.5 cm³/mol. The van der Waals surface area contributed by atoms with Crippen LogP contribution in [0.4, 0.5) is 0 Å². The summed E-state index contributed by atoms with van der Waals surface area (Å²) in [5, 5.41) is 10.8.